The van der Waals surface area contributed by atoms with Gasteiger partial charge in [-0.25, -0.2) is 4.79 Å². The fourth-order valence-corrected chi connectivity index (χ4v) is 3.35. The summed E-state index contributed by atoms with van der Waals surface area (Å²) in [6, 6.07) is 0. The minimum Gasteiger partial charge on any atom is -0.434 e. The molecule has 3 nitrogen and oxygen atoms in total. The van der Waals surface area contributed by atoms with E-state index in [1.54, 1.807) is 0 Å². The highest BCUT2D eigenvalue weighted by atomic mass is 16.7. The van der Waals surface area contributed by atoms with E-state index < -0.39 is 6.16 Å². The van der Waals surface area contributed by atoms with E-state index in [1.165, 1.54) is 96.3 Å². The number of unbranched alkanes of at least 4 members (excludes halogenated alkanes) is 17. The summed E-state index contributed by atoms with van der Waals surface area (Å²) in [5, 5.41) is 0. The van der Waals surface area contributed by atoms with Crippen LogP contribution in [0.25, 0.3) is 0 Å². The molecule has 3 heteroatoms. The van der Waals surface area contributed by atoms with Gasteiger partial charge >= 0.3 is 6.16 Å². The van der Waals surface area contributed by atoms with Gasteiger partial charge in [-0.3, -0.25) is 0 Å². The molecule has 0 bridgehead atoms. The van der Waals surface area contributed by atoms with Gasteiger partial charge in [-0.15, -0.1) is 0 Å². The van der Waals surface area contributed by atoms with Crippen molar-refractivity contribution in [1.29, 1.82) is 0 Å². The smallest absolute Gasteiger partial charge is 0.434 e. The van der Waals surface area contributed by atoms with Crippen LogP contribution in [-0.4, -0.2) is 19.4 Å². The van der Waals surface area contributed by atoms with Crippen LogP contribution in [0, 0.1) is 0 Å². The van der Waals surface area contributed by atoms with Crippen LogP contribution in [0.3, 0.4) is 0 Å². The Hall–Kier alpha value is -0.730. The molecule has 0 saturated carbocycles. The Bertz CT molecular complexity index is 291. The maximum absolute atomic E-state index is 11.5. The molecule has 0 saturated heterocycles. The Morgan fingerprint density at radius 1 is 0.444 bits per heavy atom. The van der Waals surface area contributed by atoms with Gasteiger partial charge in [-0.2, -0.15) is 0 Å². The van der Waals surface area contributed by atoms with E-state index in [2.05, 4.69) is 13.8 Å². The van der Waals surface area contributed by atoms with E-state index in [1.807, 2.05) is 0 Å². The molecule has 0 aliphatic carbocycles. The van der Waals surface area contributed by atoms with Gasteiger partial charge in [0.1, 0.15) is 0 Å². The zero-order valence-electron chi connectivity index (χ0n) is 18.6. The van der Waals surface area contributed by atoms with Crippen LogP contribution in [0.4, 0.5) is 4.79 Å². The third kappa shape index (κ3) is 23.2. The molecule has 0 aromatic carbocycles. The summed E-state index contributed by atoms with van der Waals surface area (Å²) >= 11 is 0. The molecule has 0 aromatic heterocycles. The van der Waals surface area contributed by atoms with Crippen LogP contribution in [0.1, 0.15) is 136 Å². The molecule has 0 radical (unpaired) electrons. The maximum atomic E-state index is 11.5. The van der Waals surface area contributed by atoms with Gasteiger partial charge in [0, 0.05) is 0 Å². The first kappa shape index (κ1) is 26.3. The predicted octanol–water partition coefficient (Wildman–Crippen LogP) is 8.59. The fraction of sp³-hybridized carbons (Fsp3) is 0.958. The minimum absolute atomic E-state index is 0.484. The summed E-state index contributed by atoms with van der Waals surface area (Å²) < 4.78 is 10.2. The van der Waals surface area contributed by atoms with Crippen LogP contribution in [0.5, 0.6) is 0 Å². The third-order valence-corrected chi connectivity index (χ3v) is 5.19. The Kier molecular flexibility index (Phi) is 22.7. The first-order chi connectivity index (χ1) is 13.3. The third-order valence-electron chi connectivity index (χ3n) is 5.19. The summed E-state index contributed by atoms with van der Waals surface area (Å²) in [7, 11) is 0. The highest BCUT2D eigenvalue weighted by Gasteiger charge is 2.03. The lowest BCUT2D eigenvalue weighted by Gasteiger charge is -2.06. The van der Waals surface area contributed by atoms with Crippen molar-refractivity contribution in [3.8, 4) is 0 Å². The molecule has 0 fully saturated rings. The van der Waals surface area contributed by atoms with Gasteiger partial charge in [-0.05, 0) is 12.8 Å². The Labute approximate surface area is 170 Å². The van der Waals surface area contributed by atoms with Crippen LogP contribution in [-0.2, 0) is 9.47 Å². The van der Waals surface area contributed by atoms with E-state index in [-0.39, 0.29) is 0 Å². The maximum Gasteiger partial charge on any atom is 0.508 e. The van der Waals surface area contributed by atoms with E-state index >= 15 is 0 Å². The monoisotopic (exact) mass is 384 g/mol. The van der Waals surface area contributed by atoms with Crippen molar-refractivity contribution in [3.05, 3.63) is 0 Å². The van der Waals surface area contributed by atoms with Crippen molar-refractivity contribution in [2.24, 2.45) is 0 Å². The van der Waals surface area contributed by atoms with Crippen molar-refractivity contribution in [2.75, 3.05) is 13.2 Å². The largest absolute Gasteiger partial charge is 0.508 e. The molecule has 0 aromatic rings. The first-order valence-electron chi connectivity index (χ1n) is 12.1. The number of carbonyl (C=O) groups is 1. The number of carbonyl (C=O) groups excluding carboxylic acids is 1. The topological polar surface area (TPSA) is 35.5 Å². The highest BCUT2D eigenvalue weighted by molar-refractivity contribution is 5.59. The molecule has 0 aliphatic heterocycles. The number of hydrogen-bond acceptors (Lipinski definition) is 3. The first-order valence-corrected chi connectivity index (χ1v) is 12.1. The zero-order chi connectivity index (χ0) is 19.8. The average Bonchev–Trinajstić information content (AvgIpc) is 2.67. The van der Waals surface area contributed by atoms with E-state index in [4.69, 9.17) is 9.47 Å². The summed E-state index contributed by atoms with van der Waals surface area (Å²) in [5.74, 6) is 0. The molecule has 0 unspecified atom stereocenters. The molecule has 0 rings (SSSR count). The molecular weight excluding hydrogens is 336 g/mol. The SMILES string of the molecule is CCCCCCCCCCCCCCCOC(=O)OCCCCCCCC. The molecule has 27 heavy (non-hydrogen) atoms. The number of ether oxygens (including phenoxy) is 2. The van der Waals surface area contributed by atoms with Crippen molar-refractivity contribution in [3.63, 3.8) is 0 Å². The molecule has 162 valence electrons. The van der Waals surface area contributed by atoms with Gasteiger partial charge in [0.25, 0.3) is 0 Å². The lowest BCUT2D eigenvalue weighted by Crippen LogP contribution is -2.09. The molecule has 0 spiro atoms. The quantitative estimate of drug-likeness (QED) is 0.147. The lowest BCUT2D eigenvalue weighted by atomic mass is 10.0. The fourth-order valence-electron chi connectivity index (χ4n) is 3.35. The molecule has 0 N–H and O–H groups in total. The summed E-state index contributed by atoms with van der Waals surface area (Å²) in [6.45, 7) is 5.50. The Balaban J connectivity index is 3.11. The zero-order valence-corrected chi connectivity index (χ0v) is 18.6. The van der Waals surface area contributed by atoms with Crippen LogP contribution < -0.4 is 0 Å². The summed E-state index contributed by atoms with van der Waals surface area (Å²) in [4.78, 5) is 11.5. The van der Waals surface area contributed by atoms with E-state index in [0.29, 0.717) is 13.2 Å². The predicted molar refractivity (Wildman–Crippen MR) is 116 cm³/mol. The second kappa shape index (κ2) is 23.3. The van der Waals surface area contributed by atoms with Gasteiger partial charge in [0.15, 0.2) is 0 Å². The Morgan fingerprint density at radius 2 is 0.704 bits per heavy atom. The lowest BCUT2D eigenvalue weighted by molar-refractivity contribution is 0.0529. The molecule has 0 atom stereocenters. The summed E-state index contributed by atoms with van der Waals surface area (Å²) in [5.41, 5.74) is 0. The molecule has 0 amide bonds. The van der Waals surface area contributed by atoms with E-state index in [9.17, 15) is 4.79 Å². The summed E-state index contributed by atoms with van der Waals surface area (Å²) in [6.07, 6.45) is 24.0. The van der Waals surface area contributed by atoms with Gasteiger partial charge < -0.3 is 9.47 Å². The van der Waals surface area contributed by atoms with Crippen LogP contribution in [0.2, 0.25) is 0 Å². The Morgan fingerprint density at radius 3 is 1.00 bits per heavy atom. The second-order valence-electron chi connectivity index (χ2n) is 7.96. The van der Waals surface area contributed by atoms with Gasteiger partial charge in [0.2, 0.25) is 0 Å². The number of rotatable bonds is 21. The molecule has 0 aliphatic rings. The standard InChI is InChI=1S/C24H48O3/c1-3-5-7-9-11-12-13-14-15-16-17-19-21-23-27-24(25)26-22-20-18-10-8-6-4-2/h3-23H2,1-2H3. The van der Waals surface area contributed by atoms with Crippen LogP contribution in [0.15, 0.2) is 0 Å². The highest BCUT2D eigenvalue weighted by Crippen LogP contribution is 2.12. The minimum atomic E-state index is -0.484. The molecule has 0 heterocycles. The normalized spacial score (nSPS) is 10.9. The van der Waals surface area contributed by atoms with Crippen molar-refractivity contribution in [1.82, 2.24) is 0 Å². The second-order valence-corrected chi connectivity index (χ2v) is 7.96. The van der Waals surface area contributed by atoms with Gasteiger partial charge in [0.05, 0.1) is 13.2 Å². The van der Waals surface area contributed by atoms with Crippen molar-refractivity contribution in [2.45, 2.75) is 136 Å². The van der Waals surface area contributed by atoms with E-state index in [0.717, 1.165) is 25.7 Å². The van der Waals surface area contributed by atoms with Gasteiger partial charge in [-0.1, -0.05) is 123 Å². The average molecular weight is 385 g/mol. The van der Waals surface area contributed by atoms with Crippen molar-refractivity contribution >= 4 is 6.16 Å². The number of hydrogen-bond donors (Lipinski definition) is 0. The van der Waals surface area contributed by atoms with Crippen LogP contribution >= 0.6 is 0 Å². The van der Waals surface area contributed by atoms with Crippen molar-refractivity contribution < 1.29 is 14.3 Å². The molecular formula is C24H48O3.